The predicted octanol–water partition coefficient (Wildman–Crippen LogP) is 0.736. The Bertz CT molecular complexity index is 219. The van der Waals surface area contributed by atoms with Crippen molar-refractivity contribution in [1.82, 2.24) is 10.0 Å². The lowest BCUT2D eigenvalue weighted by Crippen LogP contribution is -2.38. The van der Waals surface area contributed by atoms with Crippen LogP contribution in [0.2, 0.25) is 0 Å². The number of hydrogen-bond donors (Lipinski definition) is 2. The van der Waals surface area contributed by atoms with Crippen molar-refractivity contribution in [2.75, 3.05) is 19.3 Å². The van der Waals surface area contributed by atoms with E-state index in [2.05, 4.69) is 10.0 Å². The number of likely N-dealkylation sites (N-methyl/N-ethyl adjacent to an activating group) is 1. The van der Waals surface area contributed by atoms with Crippen LogP contribution >= 0.6 is 12.4 Å². The molecule has 2 N–H and O–H groups in total. The van der Waals surface area contributed by atoms with Gasteiger partial charge in [0.15, 0.2) is 0 Å². The van der Waals surface area contributed by atoms with Crippen LogP contribution in [0.25, 0.3) is 0 Å². The van der Waals surface area contributed by atoms with Gasteiger partial charge in [0, 0.05) is 12.6 Å². The van der Waals surface area contributed by atoms with Crippen molar-refractivity contribution >= 4 is 22.4 Å². The predicted molar refractivity (Wildman–Crippen MR) is 62.5 cm³/mol. The average molecular weight is 245 g/mol. The minimum atomic E-state index is -3.04. The minimum Gasteiger partial charge on any atom is -0.316 e. The summed E-state index contributed by atoms with van der Waals surface area (Å²) in [5.41, 5.74) is 0. The number of sulfonamides is 1. The van der Waals surface area contributed by atoms with Crippen LogP contribution in [-0.2, 0) is 10.0 Å². The monoisotopic (exact) mass is 244 g/mol. The number of nitrogens with one attached hydrogen (secondary N) is 2. The molecule has 0 saturated carbocycles. The van der Waals surface area contributed by atoms with Crippen LogP contribution < -0.4 is 10.0 Å². The minimum absolute atomic E-state index is 0. The first kappa shape index (κ1) is 16.6. The van der Waals surface area contributed by atoms with Gasteiger partial charge in [0.2, 0.25) is 10.0 Å². The van der Waals surface area contributed by atoms with Gasteiger partial charge in [-0.25, -0.2) is 13.1 Å². The molecule has 0 aromatic carbocycles. The first-order chi connectivity index (χ1) is 6.02. The van der Waals surface area contributed by atoms with Gasteiger partial charge < -0.3 is 5.32 Å². The average Bonchev–Trinajstić information content (AvgIpc) is 2.11. The highest BCUT2D eigenvalue weighted by Crippen LogP contribution is 1.93. The zero-order chi connectivity index (χ0) is 10.3. The normalized spacial score (nSPS) is 13.4. The summed E-state index contributed by atoms with van der Waals surface area (Å²) in [5, 5.41) is 2.97. The second-order valence-corrected chi connectivity index (χ2v) is 5.14. The fraction of sp³-hybridized carbons (Fsp3) is 1.00. The topological polar surface area (TPSA) is 58.2 Å². The summed E-state index contributed by atoms with van der Waals surface area (Å²) in [5.74, 6) is 0.236. The maximum Gasteiger partial charge on any atom is 0.211 e. The Kier molecular flexibility index (Phi) is 10.0. The van der Waals surface area contributed by atoms with E-state index in [1.54, 1.807) is 0 Å². The van der Waals surface area contributed by atoms with Gasteiger partial charge in [0.25, 0.3) is 0 Å². The van der Waals surface area contributed by atoms with Gasteiger partial charge in [-0.3, -0.25) is 0 Å². The molecule has 0 aliphatic heterocycles. The molecular formula is C8H21ClN2O2S. The maximum atomic E-state index is 11.3. The maximum absolute atomic E-state index is 11.3. The highest BCUT2D eigenvalue weighted by molar-refractivity contribution is 7.89. The van der Waals surface area contributed by atoms with Crippen molar-refractivity contribution < 1.29 is 8.42 Å². The van der Waals surface area contributed by atoms with Crippen LogP contribution in [0.5, 0.6) is 0 Å². The molecule has 0 aromatic rings. The summed E-state index contributed by atoms with van der Waals surface area (Å²) in [7, 11) is -1.23. The van der Waals surface area contributed by atoms with Crippen molar-refractivity contribution in [3.63, 3.8) is 0 Å². The van der Waals surface area contributed by atoms with E-state index >= 15 is 0 Å². The van der Waals surface area contributed by atoms with Crippen LogP contribution in [-0.4, -0.2) is 33.8 Å². The smallest absolute Gasteiger partial charge is 0.211 e. The Balaban J connectivity index is 0. The lowest BCUT2D eigenvalue weighted by molar-refractivity contribution is 0.552. The molecule has 1 atom stereocenters. The third-order valence-electron chi connectivity index (χ3n) is 1.87. The largest absolute Gasteiger partial charge is 0.316 e. The van der Waals surface area contributed by atoms with Crippen LogP contribution in [0.4, 0.5) is 0 Å². The summed E-state index contributed by atoms with van der Waals surface area (Å²) in [6, 6.07) is 0.177. The highest BCUT2D eigenvalue weighted by Gasteiger charge is 2.09. The molecule has 1 unspecified atom stereocenters. The lowest BCUT2D eigenvalue weighted by Gasteiger charge is -2.11. The first-order valence-electron chi connectivity index (χ1n) is 4.66. The molecule has 4 nitrogen and oxygen atoms in total. The van der Waals surface area contributed by atoms with Gasteiger partial charge in [-0.1, -0.05) is 13.3 Å². The molecule has 0 aromatic heterocycles. The van der Waals surface area contributed by atoms with Crippen LogP contribution in [0.1, 0.15) is 26.7 Å². The molecule has 88 valence electrons. The van der Waals surface area contributed by atoms with E-state index in [1.165, 1.54) is 0 Å². The third-order valence-corrected chi connectivity index (χ3v) is 3.30. The van der Waals surface area contributed by atoms with Crippen molar-refractivity contribution in [2.45, 2.75) is 32.7 Å². The highest BCUT2D eigenvalue weighted by atomic mass is 35.5. The summed E-state index contributed by atoms with van der Waals surface area (Å²) in [6.07, 6.45) is 1.63. The molecule has 0 fully saturated rings. The van der Waals surface area contributed by atoms with Crippen LogP contribution in [0.3, 0.4) is 0 Å². The van der Waals surface area contributed by atoms with Gasteiger partial charge in [-0.05, 0) is 20.4 Å². The summed E-state index contributed by atoms with van der Waals surface area (Å²) in [6.45, 7) is 4.37. The SMILES string of the molecule is CCCCS(=O)(=O)NCC(C)NC.Cl. The van der Waals surface area contributed by atoms with Crippen molar-refractivity contribution in [3.05, 3.63) is 0 Å². The molecule has 0 aliphatic carbocycles. The van der Waals surface area contributed by atoms with Gasteiger partial charge in [-0.15, -0.1) is 12.4 Å². The Morgan fingerprint density at radius 2 is 1.93 bits per heavy atom. The summed E-state index contributed by atoms with van der Waals surface area (Å²) in [4.78, 5) is 0. The summed E-state index contributed by atoms with van der Waals surface area (Å²) < 4.78 is 25.1. The van der Waals surface area contributed by atoms with Gasteiger partial charge in [0.05, 0.1) is 5.75 Å². The molecule has 0 spiro atoms. The molecule has 0 radical (unpaired) electrons. The second-order valence-electron chi connectivity index (χ2n) is 3.21. The van der Waals surface area contributed by atoms with Crippen molar-refractivity contribution in [2.24, 2.45) is 0 Å². The standard InChI is InChI=1S/C8H20N2O2S.ClH/c1-4-5-6-13(11,12)10-7-8(2)9-3;/h8-10H,4-7H2,1-3H3;1H. The van der Waals surface area contributed by atoms with Crippen LogP contribution in [0.15, 0.2) is 0 Å². The molecule has 0 aliphatic rings. The second kappa shape index (κ2) is 8.47. The zero-order valence-corrected chi connectivity index (χ0v) is 10.7. The van der Waals surface area contributed by atoms with Gasteiger partial charge in [0.1, 0.15) is 0 Å². The molecule has 6 heteroatoms. The first-order valence-corrected chi connectivity index (χ1v) is 6.31. The molecule has 0 saturated heterocycles. The van der Waals surface area contributed by atoms with Crippen molar-refractivity contribution in [1.29, 1.82) is 0 Å². The Labute approximate surface area is 93.3 Å². The van der Waals surface area contributed by atoms with E-state index < -0.39 is 10.0 Å². The van der Waals surface area contributed by atoms with E-state index in [1.807, 2.05) is 20.9 Å². The number of unbranched alkanes of at least 4 members (excludes halogenated alkanes) is 1. The number of halogens is 1. The van der Waals surface area contributed by atoms with Crippen molar-refractivity contribution in [3.8, 4) is 0 Å². The molecule has 0 bridgehead atoms. The molecule has 0 heterocycles. The fourth-order valence-corrected chi connectivity index (χ4v) is 2.08. The number of rotatable bonds is 7. The quantitative estimate of drug-likeness (QED) is 0.695. The summed E-state index contributed by atoms with van der Waals surface area (Å²) >= 11 is 0. The van der Waals surface area contributed by atoms with Crippen LogP contribution in [0, 0.1) is 0 Å². The third kappa shape index (κ3) is 8.74. The fourth-order valence-electron chi connectivity index (χ4n) is 0.761. The van der Waals surface area contributed by atoms with E-state index in [0.29, 0.717) is 6.54 Å². The Morgan fingerprint density at radius 1 is 1.36 bits per heavy atom. The molecule has 0 amide bonds. The van der Waals surface area contributed by atoms with E-state index in [-0.39, 0.29) is 24.2 Å². The molecule has 0 rings (SSSR count). The molecular weight excluding hydrogens is 224 g/mol. The van der Waals surface area contributed by atoms with Gasteiger partial charge >= 0.3 is 0 Å². The zero-order valence-electron chi connectivity index (χ0n) is 9.04. The number of hydrogen-bond acceptors (Lipinski definition) is 3. The van der Waals surface area contributed by atoms with E-state index in [0.717, 1.165) is 12.8 Å². The van der Waals surface area contributed by atoms with E-state index in [9.17, 15) is 8.42 Å². The van der Waals surface area contributed by atoms with Gasteiger partial charge in [-0.2, -0.15) is 0 Å². The lowest BCUT2D eigenvalue weighted by atomic mass is 10.4. The Hall–Kier alpha value is 0.160. The Morgan fingerprint density at radius 3 is 2.36 bits per heavy atom. The van der Waals surface area contributed by atoms with E-state index in [4.69, 9.17) is 0 Å². The molecule has 14 heavy (non-hydrogen) atoms.